The van der Waals surface area contributed by atoms with Crippen LogP contribution in [0.1, 0.15) is 11.3 Å². The normalized spacial score (nSPS) is 12.1. The van der Waals surface area contributed by atoms with E-state index in [0.717, 1.165) is 36.6 Å². The molecule has 0 aliphatic carbocycles. The van der Waals surface area contributed by atoms with Crippen LogP contribution in [-0.2, 0) is 6.54 Å². The molecule has 168 valence electrons. The summed E-state index contributed by atoms with van der Waals surface area (Å²) in [7, 11) is 1.88. The fraction of sp³-hybridized carbons (Fsp3) is 0.130. The summed E-state index contributed by atoms with van der Waals surface area (Å²) in [6.45, 7) is 1.53. The Morgan fingerprint density at radius 1 is 1.18 bits per heavy atom. The minimum absolute atomic E-state index is 0.0800. The Labute approximate surface area is 193 Å². The molecule has 0 saturated carbocycles. The van der Waals surface area contributed by atoms with E-state index < -0.39 is 11.6 Å². The molecule has 0 spiro atoms. The van der Waals surface area contributed by atoms with E-state index in [1.165, 1.54) is 0 Å². The number of nitrogens with zero attached hydrogens (tertiary/aromatic N) is 4. The third-order valence-electron chi connectivity index (χ3n) is 5.08. The molecule has 3 heterocycles. The molecule has 4 rings (SSSR count). The molecule has 1 aromatic carbocycles. The lowest BCUT2D eigenvalue weighted by Crippen LogP contribution is -2.15. The first kappa shape index (κ1) is 22.5. The molecule has 10 heteroatoms. The van der Waals surface area contributed by atoms with Crippen molar-refractivity contribution >= 4 is 40.1 Å². The lowest BCUT2D eigenvalue weighted by Gasteiger charge is -2.11. The van der Waals surface area contributed by atoms with Crippen LogP contribution >= 0.6 is 11.6 Å². The maximum absolute atomic E-state index is 14.3. The number of pyridine rings is 2. The van der Waals surface area contributed by atoms with E-state index in [0.29, 0.717) is 22.8 Å². The Morgan fingerprint density at radius 2 is 2.00 bits per heavy atom. The number of hydrogen-bond acceptors (Lipinski definition) is 6. The molecule has 7 nitrogen and oxygen atoms in total. The van der Waals surface area contributed by atoms with Crippen LogP contribution in [0.4, 0.5) is 8.78 Å². The average molecular weight is 468 g/mol. The maximum Gasteiger partial charge on any atom is 0.144 e. The van der Waals surface area contributed by atoms with Crippen LogP contribution in [0.3, 0.4) is 0 Å². The topological polar surface area (TPSA) is 106 Å². The van der Waals surface area contributed by atoms with Crippen molar-refractivity contribution in [3.8, 4) is 11.3 Å². The van der Waals surface area contributed by atoms with Gasteiger partial charge >= 0.3 is 0 Å². The molecule has 0 atom stereocenters. The molecule has 0 aliphatic heterocycles. The predicted octanol–water partition coefficient (Wildman–Crippen LogP) is 4.12. The molecule has 0 saturated heterocycles. The first-order valence-corrected chi connectivity index (χ1v) is 10.4. The number of allylic oxidation sites excluding steroid dienone is 1. The third kappa shape index (κ3) is 4.59. The zero-order valence-corrected chi connectivity index (χ0v) is 18.4. The van der Waals surface area contributed by atoms with Gasteiger partial charge < -0.3 is 16.5 Å². The molecule has 0 fully saturated rings. The van der Waals surface area contributed by atoms with Crippen molar-refractivity contribution in [1.82, 2.24) is 25.1 Å². The van der Waals surface area contributed by atoms with Crippen LogP contribution in [0.2, 0.25) is 5.02 Å². The van der Waals surface area contributed by atoms with Crippen LogP contribution in [0.15, 0.2) is 48.8 Å². The van der Waals surface area contributed by atoms with Gasteiger partial charge in [-0.1, -0.05) is 11.6 Å². The molecular weight excluding hydrogens is 448 g/mol. The summed E-state index contributed by atoms with van der Waals surface area (Å²) in [5, 5.41) is 15.2. The second-order valence-electron chi connectivity index (χ2n) is 7.24. The van der Waals surface area contributed by atoms with Crippen LogP contribution in [0, 0.1) is 17.0 Å². The summed E-state index contributed by atoms with van der Waals surface area (Å²) in [4.78, 5) is 9.03. The number of aromatic nitrogens is 4. The van der Waals surface area contributed by atoms with Gasteiger partial charge in [0.25, 0.3) is 0 Å². The average Bonchev–Trinajstić information content (AvgIpc) is 3.29. The summed E-state index contributed by atoms with van der Waals surface area (Å²) >= 11 is 5.80. The maximum atomic E-state index is 14.3. The number of hydrogen-bond donors (Lipinski definition) is 3. The van der Waals surface area contributed by atoms with E-state index in [1.54, 1.807) is 18.3 Å². The standard InChI is InChI=1S/C23H20ClF2N7/c1-29-5-7-33-6-4-19(32-33)13-8-22-21(30-12-13)3-2-20(31-22)15(11-27)23(28)14-9-16(24)18(26)10-17(14)25/h2-4,6,8-12,27,29H,5,7,28H2,1H3. The summed E-state index contributed by atoms with van der Waals surface area (Å²) in [6.07, 6.45) is 4.58. The SMILES string of the molecule is CNCCn1ccc(-c2cnc3ccc(C(C=N)=C(N)c4cc(Cl)c(F)cc4F)nc3c2)n1. The van der Waals surface area contributed by atoms with E-state index >= 15 is 0 Å². The van der Waals surface area contributed by atoms with Crippen molar-refractivity contribution in [2.75, 3.05) is 13.6 Å². The van der Waals surface area contributed by atoms with Crippen molar-refractivity contribution in [1.29, 1.82) is 5.41 Å². The Balaban J connectivity index is 1.76. The Kier molecular flexibility index (Phi) is 6.43. The molecule has 0 unspecified atom stereocenters. The van der Waals surface area contributed by atoms with Gasteiger partial charge in [-0.05, 0) is 37.4 Å². The summed E-state index contributed by atoms with van der Waals surface area (Å²) in [6, 6.07) is 8.85. The second kappa shape index (κ2) is 9.43. The number of likely N-dealkylation sites (N-methyl/N-ethyl adjacent to an activating group) is 1. The summed E-state index contributed by atoms with van der Waals surface area (Å²) < 4.78 is 29.7. The van der Waals surface area contributed by atoms with Gasteiger partial charge in [0, 0.05) is 47.9 Å². The lowest BCUT2D eigenvalue weighted by atomic mass is 10.0. The van der Waals surface area contributed by atoms with Crippen molar-refractivity contribution in [3.05, 3.63) is 76.7 Å². The highest BCUT2D eigenvalue weighted by Crippen LogP contribution is 2.28. The van der Waals surface area contributed by atoms with Crippen LogP contribution in [-0.4, -0.2) is 39.6 Å². The van der Waals surface area contributed by atoms with Gasteiger partial charge in [0.15, 0.2) is 0 Å². The van der Waals surface area contributed by atoms with Gasteiger partial charge in [0.2, 0.25) is 0 Å². The fourth-order valence-electron chi connectivity index (χ4n) is 3.33. The Morgan fingerprint density at radius 3 is 2.76 bits per heavy atom. The number of nitrogens with one attached hydrogen (secondary N) is 2. The number of benzene rings is 1. The molecule has 0 aliphatic rings. The zero-order valence-electron chi connectivity index (χ0n) is 17.6. The van der Waals surface area contributed by atoms with Crippen molar-refractivity contribution < 1.29 is 8.78 Å². The van der Waals surface area contributed by atoms with Crippen molar-refractivity contribution in [2.24, 2.45) is 5.73 Å². The number of halogens is 3. The minimum atomic E-state index is -0.891. The van der Waals surface area contributed by atoms with Gasteiger partial charge in [-0.15, -0.1) is 0 Å². The predicted molar refractivity (Wildman–Crippen MR) is 126 cm³/mol. The molecule has 4 N–H and O–H groups in total. The fourth-order valence-corrected chi connectivity index (χ4v) is 3.49. The monoisotopic (exact) mass is 467 g/mol. The van der Waals surface area contributed by atoms with E-state index in [-0.39, 0.29) is 21.9 Å². The smallest absolute Gasteiger partial charge is 0.144 e. The highest BCUT2D eigenvalue weighted by molar-refractivity contribution is 6.31. The number of rotatable bonds is 7. The second-order valence-corrected chi connectivity index (χ2v) is 7.65. The first-order chi connectivity index (χ1) is 15.9. The van der Waals surface area contributed by atoms with Crippen LogP contribution < -0.4 is 11.1 Å². The Bertz CT molecular complexity index is 1380. The van der Waals surface area contributed by atoms with Gasteiger partial charge in [0.05, 0.1) is 39.7 Å². The van der Waals surface area contributed by atoms with E-state index in [4.69, 9.17) is 22.7 Å². The van der Waals surface area contributed by atoms with Crippen LogP contribution in [0.5, 0.6) is 0 Å². The molecule has 3 aromatic heterocycles. The van der Waals surface area contributed by atoms with Gasteiger partial charge in [-0.25, -0.2) is 13.8 Å². The highest BCUT2D eigenvalue weighted by atomic mass is 35.5. The van der Waals surface area contributed by atoms with Gasteiger partial charge in [-0.2, -0.15) is 5.10 Å². The number of fused-ring (bicyclic) bond motifs is 1. The highest BCUT2D eigenvalue weighted by Gasteiger charge is 2.16. The third-order valence-corrected chi connectivity index (χ3v) is 5.36. The Hall–Kier alpha value is -3.69. The molecule has 4 aromatic rings. The van der Waals surface area contributed by atoms with Gasteiger partial charge in [0.1, 0.15) is 11.6 Å². The minimum Gasteiger partial charge on any atom is -0.398 e. The first-order valence-electron chi connectivity index (χ1n) is 10.0. The van der Waals surface area contributed by atoms with E-state index in [1.807, 2.05) is 30.1 Å². The van der Waals surface area contributed by atoms with Crippen molar-refractivity contribution in [3.63, 3.8) is 0 Å². The zero-order chi connectivity index (χ0) is 23.5. The quantitative estimate of drug-likeness (QED) is 0.280. The molecule has 0 bridgehead atoms. The molecule has 0 amide bonds. The largest absolute Gasteiger partial charge is 0.398 e. The number of nitrogens with two attached hydrogens (primary N) is 1. The molecular formula is C23H20ClF2N7. The summed E-state index contributed by atoms with van der Waals surface area (Å²) in [5.74, 6) is -1.77. The van der Waals surface area contributed by atoms with E-state index in [9.17, 15) is 8.78 Å². The van der Waals surface area contributed by atoms with Crippen molar-refractivity contribution in [2.45, 2.75) is 6.54 Å². The molecule has 33 heavy (non-hydrogen) atoms. The van der Waals surface area contributed by atoms with E-state index in [2.05, 4.69) is 20.4 Å². The molecule has 0 radical (unpaired) electrons. The van der Waals surface area contributed by atoms with Gasteiger partial charge in [-0.3, -0.25) is 9.67 Å². The summed E-state index contributed by atoms with van der Waals surface area (Å²) in [5.41, 5.74) is 9.18. The lowest BCUT2D eigenvalue weighted by molar-refractivity contribution is 0.581. The van der Waals surface area contributed by atoms with Crippen LogP contribution in [0.25, 0.3) is 33.6 Å².